The molecule has 1 saturated carbocycles. The Morgan fingerprint density at radius 1 is 1.39 bits per heavy atom. The van der Waals surface area contributed by atoms with E-state index in [2.05, 4.69) is 31.4 Å². The van der Waals surface area contributed by atoms with Crippen LogP contribution in [0, 0.1) is 5.92 Å². The number of nitrogens with one attached hydrogen (secondary N) is 2. The number of anilines is 1. The van der Waals surface area contributed by atoms with E-state index in [0.717, 1.165) is 35.0 Å². The first-order chi connectivity index (χ1) is 10.5. The van der Waals surface area contributed by atoms with Crippen molar-refractivity contribution in [3.8, 4) is 11.3 Å². The fourth-order valence-electron chi connectivity index (χ4n) is 2.71. The summed E-state index contributed by atoms with van der Waals surface area (Å²) in [6, 6.07) is 7.48. The Balaban J connectivity index is 0.00000192. The molecule has 4 N–H and O–H groups in total. The van der Waals surface area contributed by atoms with Gasteiger partial charge in [0.05, 0.1) is 10.7 Å². The van der Waals surface area contributed by atoms with E-state index >= 15 is 0 Å². The third-order valence-corrected chi connectivity index (χ3v) is 4.71. The van der Waals surface area contributed by atoms with Crippen molar-refractivity contribution in [2.45, 2.75) is 25.3 Å². The van der Waals surface area contributed by atoms with E-state index in [0.29, 0.717) is 10.8 Å². The van der Waals surface area contributed by atoms with Crippen LogP contribution in [-0.2, 0) is 4.79 Å². The highest BCUT2D eigenvalue weighted by molar-refractivity contribution is 9.10. The van der Waals surface area contributed by atoms with Gasteiger partial charge in [0.1, 0.15) is 0 Å². The third-order valence-electron chi connectivity index (χ3n) is 3.89. The van der Waals surface area contributed by atoms with Crippen LogP contribution >= 0.6 is 39.9 Å². The summed E-state index contributed by atoms with van der Waals surface area (Å²) in [4.78, 5) is 12.2. The Hall–Kier alpha value is -1.08. The number of carbonyl (C=O) groups excluding carboxylic acids is 1. The van der Waals surface area contributed by atoms with Crippen LogP contribution in [-0.4, -0.2) is 22.1 Å². The van der Waals surface area contributed by atoms with Gasteiger partial charge in [-0.25, -0.2) is 0 Å². The second-order valence-corrected chi connectivity index (χ2v) is 6.87. The molecule has 1 amide bonds. The smallest absolute Gasteiger partial charge is 0.228 e. The second kappa shape index (κ2) is 7.66. The first-order valence-electron chi connectivity index (χ1n) is 7.10. The standard InChI is InChI=1S/C15H16BrClN4O.ClH/c16-9-2-4-12(17)11(6-9)13-7-14(21-20-13)19-15(22)8-1-3-10(18)5-8;/h2,4,6-8,10H,1,3,5,18H2,(H2,19,20,21,22);1H. The lowest BCUT2D eigenvalue weighted by molar-refractivity contribution is -0.119. The molecule has 124 valence electrons. The summed E-state index contributed by atoms with van der Waals surface area (Å²) in [7, 11) is 0. The Labute approximate surface area is 153 Å². The number of nitrogens with two attached hydrogens (primary N) is 1. The molecule has 2 aromatic rings. The van der Waals surface area contributed by atoms with Gasteiger partial charge >= 0.3 is 0 Å². The van der Waals surface area contributed by atoms with Gasteiger partial charge in [0, 0.05) is 28.1 Å². The van der Waals surface area contributed by atoms with Crippen molar-refractivity contribution in [1.82, 2.24) is 10.2 Å². The summed E-state index contributed by atoms with van der Waals surface area (Å²) in [5.74, 6) is 0.451. The molecule has 1 aliphatic carbocycles. The summed E-state index contributed by atoms with van der Waals surface area (Å²) in [5, 5.41) is 10.5. The van der Waals surface area contributed by atoms with Crippen LogP contribution in [0.3, 0.4) is 0 Å². The lowest BCUT2D eigenvalue weighted by Gasteiger charge is -2.08. The van der Waals surface area contributed by atoms with Crippen molar-refractivity contribution in [3.63, 3.8) is 0 Å². The molecule has 1 aromatic carbocycles. The summed E-state index contributed by atoms with van der Waals surface area (Å²) in [6.07, 6.45) is 2.47. The average Bonchev–Trinajstić information content (AvgIpc) is 3.11. The number of aromatic nitrogens is 2. The highest BCUT2D eigenvalue weighted by Crippen LogP contribution is 2.31. The Kier molecular flexibility index (Phi) is 6.08. The van der Waals surface area contributed by atoms with E-state index in [1.54, 1.807) is 12.1 Å². The number of aromatic amines is 1. The molecule has 2 atom stereocenters. The summed E-state index contributed by atoms with van der Waals surface area (Å²) < 4.78 is 0.923. The lowest BCUT2D eigenvalue weighted by Crippen LogP contribution is -2.23. The molecule has 2 unspecified atom stereocenters. The summed E-state index contributed by atoms with van der Waals surface area (Å²) in [5.41, 5.74) is 7.43. The predicted octanol–water partition coefficient (Wildman–Crippen LogP) is 3.98. The molecular weight excluding hydrogens is 403 g/mol. The lowest BCUT2D eigenvalue weighted by atomic mass is 10.1. The number of amides is 1. The van der Waals surface area contributed by atoms with Gasteiger partial charge in [0.2, 0.25) is 5.91 Å². The molecule has 0 saturated heterocycles. The van der Waals surface area contributed by atoms with Crippen LogP contribution in [0.25, 0.3) is 11.3 Å². The van der Waals surface area contributed by atoms with Gasteiger partial charge in [-0.05, 0) is 37.5 Å². The molecular formula is C15H17BrCl2N4O. The number of hydrogen-bond donors (Lipinski definition) is 3. The first-order valence-corrected chi connectivity index (χ1v) is 8.27. The molecule has 0 aliphatic heterocycles. The zero-order valence-electron chi connectivity index (χ0n) is 12.2. The largest absolute Gasteiger partial charge is 0.328 e. The molecule has 1 fully saturated rings. The highest BCUT2D eigenvalue weighted by Gasteiger charge is 2.28. The SMILES string of the molecule is Cl.NC1CCC(C(=O)Nc2cc(-c3cc(Br)ccc3Cl)[nH]n2)C1. The quantitative estimate of drug-likeness (QED) is 0.703. The van der Waals surface area contributed by atoms with E-state index < -0.39 is 0 Å². The molecule has 23 heavy (non-hydrogen) atoms. The Morgan fingerprint density at radius 2 is 2.17 bits per heavy atom. The summed E-state index contributed by atoms with van der Waals surface area (Å²) in [6.45, 7) is 0. The molecule has 8 heteroatoms. The number of hydrogen-bond acceptors (Lipinski definition) is 3. The van der Waals surface area contributed by atoms with Gasteiger partial charge in [-0.1, -0.05) is 27.5 Å². The monoisotopic (exact) mass is 418 g/mol. The minimum absolute atomic E-state index is 0. The second-order valence-electron chi connectivity index (χ2n) is 5.55. The normalized spacial score (nSPS) is 20.1. The van der Waals surface area contributed by atoms with Crippen LogP contribution in [0.15, 0.2) is 28.7 Å². The van der Waals surface area contributed by atoms with Crippen LogP contribution < -0.4 is 11.1 Å². The van der Waals surface area contributed by atoms with Crippen LogP contribution in [0.2, 0.25) is 5.02 Å². The van der Waals surface area contributed by atoms with E-state index in [4.69, 9.17) is 17.3 Å². The molecule has 0 bridgehead atoms. The van der Waals surface area contributed by atoms with Gasteiger partial charge in [-0.15, -0.1) is 12.4 Å². The predicted molar refractivity (Wildman–Crippen MR) is 97.9 cm³/mol. The van der Waals surface area contributed by atoms with Gasteiger partial charge < -0.3 is 11.1 Å². The molecule has 0 radical (unpaired) electrons. The molecule has 1 aromatic heterocycles. The van der Waals surface area contributed by atoms with Crippen LogP contribution in [0.5, 0.6) is 0 Å². The van der Waals surface area contributed by atoms with Crippen molar-refractivity contribution in [2.75, 3.05) is 5.32 Å². The maximum absolute atomic E-state index is 12.2. The van der Waals surface area contributed by atoms with E-state index in [1.165, 1.54) is 0 Å². The van der Waals surface area contributed by atoms with Gasteiger partial charge in [0.15, 0.2) is 5.82 Å². The first kappa shape index (κ1) is 18.3. The molecule has 0 spiro atoms. The van der Waals surface area contributed by atoms with E-state index in [-0.39, 0.29) is 30.3 Å². The molecule has 5 nitrogen and oxygen atoms in total. The minimum atomic E-state index is -0.0235. The Morgan fingerprint density at radius 3 is 2.87 bits per heavy atom. The van der Waals surface area contributed by atoms with Crippen molar-refractivity contribution >= 4 is 51.7 Å². The van der Waals surface area contributed by atoms with Gasteiger partial charge in [-0.3, -0.25) is 9.89 Å². The molecule has 1 heterocycles. The Bertz CT molecular complexity index is 707. The maximum Gasteiger partial charge on any atom is 0.228 e. The number of carbonyl (C=O) groups is 1. The van der Waals surface area contributed by atoms with Crippen molar-refractivity contribution in [1.29, 1.82) is 0 Å². The number of nitrogens with zero attached hydrogens (tertiary/aromatic N) is 1. The van der Waals surface area contributed by atoms with Crippen LogP contribution in [0.4, 0.5) is 5.82 Å². The number of benzene rings is 1. The highest BCUT2D eigenvalue weighted by atomic mass is 79.9. The fourth-order valence-corrected chi connectivity index (χ4v) is 3.29. The fraction of sp³-hybridized carbons (Fsp3) is 0.333. The summed E-state index contributed by atoms with van der Waals surface area (Å²) >= 11 is 9.61. The topological polar surface area (TPSA) is 83.8 Å². The zero-order valence-corrected chi connectivity index (χ0v) is 15.3. The van der Waals surface area contributed by atoms with Crippen molar-refractivity contribution in [2.24, 2.45) is 11.7 Å². The van der Waals surface area contributed by atoms with Gasteiger partial charge in [0.25, 0.3) is 0 Å². The molecule has 3 rings (SSSR count). The number of rotatable bonds is 3. The van der Waals surface area contributed by atoms with Crippen molar-refractivity contribution in [3.05, 3.63) is 33.8 Å². The third kappa shape index (κ3) is 4.26. The van der Waals surface area contributed by atoms with E-state index in [9.17, 15) is 4.79 Å². The average molecular weight is 420 g/mol. The van der Waals surface area contributed by atoms with Crippen LogP contribution in [0.1, 0.15) is 19.3 Å². The van der Waals surface area contributed by atoms with Gasteiger partial charge in [-0.2, -0.15) is 5.10 Å². The van der Waals surface area contributed by atoms with E-state index in [1.807, 2.05) is 12.1 Å². The maximum atomic E-state index is 12.2. The molecule has 1 aliphatic rings. The zero-order chi connectivity index (χ0) is 15.7. The number of H-pyrrole nitrogens is 1. The number of halogens is 3. The van der Waals surface area contributed by atoms with Crippen molar-refractivity contribution < 1.29 is 4.79 Å². The minimum Gasteiger partial charge on any atom is -0.328 e.